The van der Waals surface area contributed by atoms with E-state index in [-0.39, 0.29) is 18.3 Å². The Morgan fingerprint density at radius 3 is 2.44 bits per heavy atom. The monoisotopic (exact) mass is 262 g/mol. The third-order valence-electron chi connectivity index (χ3n) is 2.93. The number of hydrogen-bond acceptors (Lipinski definition) is 2. The predicted molar refractivity (Wildman–Crippen MR) is 60.3 cm³/mol. The minimum atomic E-state index is -4.22. The molecule has 0 unspecified atom stereocenters. The fourth-order valence-corrected chi connectivity index (χ4v) is 1.91. The number of halogens is 4. The number of nitrogens with zero attached hydrogens (tertiary/aromatic N) is 1. The van der Waals surface area contributed by atoms with Gasteiger partial charge in [-0.05, 0) is 30.5 Å². The fourth-order valence-electron chi connectivity index (χ4n) is 1.91. The lowest BCUT2D eigenvalue weighted by atomic mass is 10.1. The van der Waals surface area contributed by atoms with Crippen molar-refractivity contribution in [3.8, 4) is 0 Å². The molecule has 100 valence electrons. The summed E-state index contributed by atoms with van der Waals surface area (Å²) >= 11 is 0. The first-order chi connectivity index (χ1) is 8.35. The fraction of sp³-hybridized carbons (Fsp3) is 0.500. The summed E-state index contributed by atoms with van der Waals surface area (Å²) in [6.07, 6.45) is -2.67. The summed E-state index contributed by atoms with van der Waals surface area (Å²) in [5.41, 5.74) is 6.34. The third kappa shape index (κ3) is 3.60. The number of alkyl halides is 3. The van der Waals surface area contributed by atoms with Gasteiger partial charge in [0.1, 0.15) is 5.82 Å². The van der Waals surface area contributed by atoms with Crippen molar-refractivity contribution < 1.29 is 17.6 Å². The van der Waals surface area contributed by atoms with Crippen LogP contribution in [0.2, 0.25) is 0 Å². The molecule has 18 heavy (non-hydrogen) atoms. The summed E-state index contributed by atoms with van der Waals surface area (Å²) in [6, 6.07) is 3.76. The average molecular weight is 262 g/mol. The Morgan fingerprint density at radius 1 is 1.28 bits per heavy atom. The minimum Gasteiger partial charge on any atom is -0.398 e. The molecule has 0 heterocycles. The Balaban J connectivity index is 2.08. The molecule has 2 N–H and O–H groups in total. The maximum atomic E-state index is 12.9. The Bertz CT molecular complexity index is 427. The van der Waals surface area contributed by atoms with Gasteiger partial charge in [0.05, 0.1) is 6.54 Å². The van der Waals surface area contributed by atoms with Crippen LogP contribution in [0.15, 0.2) is 18.2 Å². The lowest BCUT2D eigenvalue weighted by Crippen LogP contribution is -2.35. The van der Waals surface area contributed by atoms with Crippen LogP contribution < -0.4 is 5.73 Å². The van der Waals surface area contributed by atoms with Crippen LogP contribution in [-0.4, -0.2) is 23.7 Å². The van der Waals surface area contributed by atoms with Crippen molar-refractivity contribution in [2.24, 2.45) is 0 Å². The number of rotatable bonds is 4. The molecule has 0 saturated heterocycles. The Morgan fingerprint density at radius 2 is 1.94 bits per heavy atom. The molecule has 0 aliphatic heterocycles. The first-order valence-electron chi connectivity index (χ1n) is 5.70. The third-order valence-corrected chi connectivity index (χ3v) is 2.93. The topological polar surface area (TPSA) is 29.3 Å². The van der Waals surface area contributed by atoms with Gasteiger partial charge in [0.2, 0.25) is 0 Å². The average Bonchev–Trinajstić information content (AvgIpc) is 3.02. The van der Waals surface area contributed by atoms with Crippen molar-refractivity contribution in [2.45, 2.75) is 31.6 Å². The molecule has 0 amide bonds. The molecule has 1 aromatic rings. The van der Waals surface area contributed by atoms with E-state index >= 15 is 0 Å². The van der Waals surface area contributed by atoms with Crippen LogP contribution >= 0.6 is 0 Å². The second-order valence-electron chi connectivity index (χ2n) is 4.59. The van der Waals surface area contributed by atoms with Crippen LogP contribution in [0.4, 0.5) is 23.2 Å². The first-order valence-corrected chi connectivity index (χ1v) is 5.70. The normalized spacial score (nSPS) is 16.3. The van der Waals surface area contributed by atoms with Crippen molar-refractivity contribution in [1.29, 1.82) is 0 Å². The van der Waals surface area contributed by atoms with E-state index in [0.717, 1.165) is 18.9 Å². The molecule has 0 spiro atoms. The van der Waals surface area contributed by atoms with E-state index < -0.39 is 18.5 Å². The molecule has 2 rings (SSSR count). The molecule has 2 nitrogen and oxygen atoms in total. The van der Waals surface area contributed by atoms with Gasteiger partial charge in [-0.25, -0.2) is 4.39 Å². The highest BCUT2D eigenvalue weighted by Crippen LogP contribution is 2.32. The second kappa shape index (κ2) is 4.76. The standard InChI is InChI=1S/C12H14F4N2/c13-9-2-1-8(11(17)5-9)6-18(10-3-4-10)7-12(14,15)16/h1-2,5,10H,3-4,6-7,17H2. The minimum absolute atomic E-state index is 0.0314. The van der Waals surface area contributed by atoms with E-state index in [1.165, 1.54) is 17.0 Å². The first kappa shape index (κ1) is 13.1. The number of benzene rings is 1. The van der Waals surface area contributed by atoms with Crippen LogP contribution in [0.3, 0.4) is 0 Å². The van der Waals surface area contributed by atoms with Gasteiger partial charge in [-0.2, -0.15) is 13.2 Å². The number of anilines is 1. The number of nitrogen functional groups attached to an aromatic ring is 1. The van der Waals surface area contributed by atoms with Crippen LogP contribution in [-0.2, 0) is 6.54 Å². The maximum absolute atomic E-state index is 12.9. The summed E-state index contributed by atoms with van der Waals surface area (Å²) in [5, 5.41) is 0. The highest BCUT2D eigenvalue weighted by atomic mass is 19.4. The summed E-state index contributed by atoms with van der Waals surface area (Å²) in [6.45, 7) is -0.842. The summed E-state index contributed by atoms with van der Waals surface area (Å²) in [5.74, 6) is -0.481. The number of hydrogen-bond donors (Lipinski definition) is 1. The van der Waals surface area contributed by atoms with Crippen molar-refractivity contribution >= 4 is 5.69 Å². The molecular weight excluding hydrogens is 248 g/mol. The van der Waals surface area contributed by atoms with Gasteiger partial charge in [-0.1, -0.05) is 6.07 Å². The largest absolute Gasteiger partial charge is 0.401 e. The van der Waals surface area contributed by atoms with E-state index in [4.69, 9.17) is 5.73 Å². The van der Waals surface area contributed by atoms with Crippen LogP contribution in [0.5, 0.6) is 0 Å². The second-order valence-corrected chi connectivity index (χ2v) is 4.59. The van der Waals surface area contributed by atoms with Gasteiger partial charge >= 0.3 is 6.18 Å². The van der Waals surface area contributed by atoms with Gasteiger partial charge < -0.3 is 5.73 Å². The van der Waals surface area contributed by atoms with E-state index in [0.29, 0.717) is 5.56 Å². The summed E-state index contributed by atoms with van der Waals surface area (Å²) in [7, 11) is 0. The van der Waals surface area contributed by atoms with Crippen molar-refractivity contribution in [3.05, 3.63) is 29.6 Å². The number of nitrogens with two attached hydrogens (primary N) is 1. The molecule has 0 bridgehead atoms. The summed E-state index contributed by atoms with van der Waals surface area (Å²) < 4.78 is 50.1. The van der Waals surface area contributed by atoms with E-state index in [2.05, 4.69) is 0 Å². The zero-order chi connectivity index (χ0) is 13.3. The van der Waals surface area contributed by atoms with Gasteiger partial charge in [0.15, 0.2) is 0 Å². The Kier molecular flexibility index (Phi) is 3.47. The smallest absolute Gasteiger partial charge is 0.398 e. The van der Waals surface area contributed by atoms with E-state index in [1.807, 2.05) is 0 Å². The van der Waals surface area contributed by atoms with Crippen LogP contribution in [0.25, 0.3) is 0 Å². The van der Waals surface area contributed by atoms with Gasteiger partial charge in [-0.3, -0.25) is 4.90 Å². The molecule has 6 heteroatoms. The van der Waals surface area contributed by atoms with Crippen molar-refractivity contribution in [1.82, 2.24) is 4.90 Å². The van der Waals surface area contributed by atoms with Gasteiger partial charge in [-0.15, -0.1) is 0 Å². The van der Waals surface area contributed by atoms with E-state index in [1.54, 1.807) is 0 Å². The van der Waals surface area contributed by atoms with Gasteiger partial charge in [0.25, 0.3) is 0 Å². The molecule has 0 radical (unpaired) electrons. The molecular formula is C12H14F4N2. The van der Waals surface area contributed by atoms with Crippen LogP contribution in [0, 0.1) is 5.82 Å². The molecule has 0 atom stereocenters. The van der Waals surface area contributed by atoms with Gasteiger partial charge in [0, 0.05) is 18.3 Å². The van der Waals surface area contributed by atoms with Crippen molar-refractivity contribution in [2.75, 3.05) is 12.3 Å². The molecule has 0 aromatic heterocycles. The highest BCUT2D eigenvalue weighted by molar-refractivity contribution is 5.46. The summed E-state index contributed by atoms with van der Waals surface area (Å²) in [4.78, 5) is 1.35. The van der Waals surface area contributed by atoms with E-state index in [9.17, 15) is 17.6 Å². The Hall–Kier alpha value is -1.30. The molecule has 1 saturated carbocycles. The molecule has 1 aromatic carbocycles. The predicted octanol–water partition coefficient (Wildman–Crippen LogP) is 2.93. The zero-order valence-corrected chi connectivity index (χ0v) is 9.67. The van der Waals surface area contributed by atoms with Crippen molar-refractivity contribution in [3.63, 3.8) is 0 Å². The zero-order valence-electron chi connectivity index (χ0n) is 9.67. The molecule has 1 fully saturated rings. The Labute approximate surface area is 102 Å². The lowest BCUT2D eigenvalue weighted by Gasteiger charge is -2.24. The maximum Gasteiger partial charge on any atom is 0.401 e. The lowest BCUT2D eigenvalue weighted by molar-refractivity contribution is -0.148. The SMILES string of the molecule is Nc1cc(F)ccc1CN(CC(F)(F)F)C1CC1. The quantitative estimate of drug-likeness (QED) is 0.667. The van der Waals surface area contributed by atoms with Crippen LogP contribution in [0.1, 0.15) is 18.4 Å². The molecule has 1 aliphatic rings. The highest BCUT2D eigenvalue weighted by Gasteiger charge is 2.38. The molecule has 1 aliphatic carbocycles.